The van der Waals surface area contributed by atoms with Crippen molar-refractivity contribution in [2.45, 2.75) is 0 Å². The van der Waals surface area contributed by atoms with Crippen molar-refractivity contribution in [3.8, 4) is 90.8 Å². The van der Waals surface area contributed by atoms with Gasteiger partial charge < -0.3 is 27.4 Å². The van der Waals surface area contributed by atoms with Crippen LogP contribution in [0.5, 0.6) is 0 Å². The molecule has 0 unspecified atom stereocenters. The molecule has 0 atom stereocenters. The number of para-hydroxylation sites is 8. The van der Waals surface area contributed by atoms with Gasteiger partial charge in [0.05, 0.1) is 77.6 Å². The standard InChI is InChI=1S/C44H28N4.C40H26N4.C33H21N5/c1-2-12-34(13-3-1)47-25-24-32-27-38-36-14-7-9-17-40(36)48(42(38)28-41(32)47)35-22-20-30(21-23-35)44-45-39-16-8-6-15-37(39)43(46-44)33-19-18-29-10-4-5-11-31(29)26-33;1-3-11-27(12-4-1)39-33-16-7-9-17-35(33)41-40(42-39)28-19-21-31(22-20-28)44-36-18-10-8-15-32(36)34-25-29-23-24-43(37(29)26-38(34)44)30-13-5-2-6-14-30;1-2-6-25(7-3-1)37-17-15-23-18-28-27-8-4-5-9-30(27)38(32(28)19-31(23)37)26-12-10-22(11-13-26)33-35-21-24-20-34-16-14-29(24)36-33/h1-28H;1-26H;1-21H. The Morgan fingerprint density at radius 3 is 0.969 bits per heavy atom. The first-order valence-electron chi connectivity index (χ1n) is 43.7. The molecule has 0 saturated carbocycles. The number of pyridine rings is 1. The molecule has 0 radical (unpaired) electrons. The zero-order chi connectivity index (χ0) is 85.7. The van der Waals surface area contributed by atoms with Crippen LogP contribution >= 0.6 is 0 Å². The van der Waals surface area contributed by atoms with Gasteiger partial charge in [0.25, 0.3) is 0 Å². The molecule has 0 spiro atoms. The molecule has 0 N–H and O–H groups in total. The van der Waals surface area contributed by atoms with Gasteiger partial charge in [0.2, 0.25) is 0 Å². The number of aromatic nitrogens is 13. The van der Waals surface area contributed by atoms with Crippen LogP contribution in [0.15, 0.2) is 456 Å². The van der Waals surface area contributed by atoms with Gasteiger partial charge in [-0.15, -0.1) is 0 Å². The third kappa shape index (κ3) is 13.0. The van der Waals surface area contributed by atoms with Gasteiger partial charge in [-0.3, -0.25) is 4.98 Å². The second kappa shape index (κ2) is 31.1. The van der Waals surface area contributed by atoms with E-state index in [4.69, 9.17) is 24.9 Å². The van der Waals surface area contributed by atoms with E-state index in [9.17, 15) is 0 Å². The first kappa shape index (κ1) is 74.8. The third-order valence-corrected chi connectivity index (χ3v) is 25.4. The van der Waals surface area contributed by atoms with Crippen molar-refractivity contribution in [3.63, 3.8) is 0 Å². The fraction of sp³-hybridized carbons (Fsp3) is 0. The molecule has 0 aliphatic rings. The zero-order valence-corrected chi connectivity index (χ0v) is 70.1. The molecule has 0 fully saturated rings. The van der Waals surface area contributed by atoms with Gasteiger partial charge in [-0.2, -0.15) is 0 Å². The summed E-state index contributed by atoms with van der Waals surface area (Å²) in [5.74, 6) is 2.15. The summed E-state index contributed by atoms with van der Waals surface area (Å²) in [4.78, 5) is 33.7. The maximum atomic E-state index is 5.19. The Labute approximate surface area is 745 Å². The van der Waals surface area contributed by atoms with Crippen molar-refractivity contribution >= 4 is 142 Å². The molecule has 17 aromatic carbocycles. The van der Waals surface area contributed by atoms with Crippen LogP contribution in [0, 0.1) is 0 Å². The molecule has 13 heteroatoms. The number of nitrogens with zero attached hydrogens (tertiary/aromatic N) is 13. The minimum absolute atomic E-state index is 0.708. The molecule has 0 aliphatic carbocycles. The molecule has 130 heavy (non-hydrogen) atoms. The summed E-state index contributed by atoms with van der Waals surface area (Å²) in [6.07, 6.45) is 11.9. The van der Waals surface area contributed by atoms with Gasteiger partial charge in [-0.1, -0.05) is 212 Å². The Hall–Kier alpha value is -17.8. The van der Waals surface area contributed by atoms with E-state index in [1.54, 1.807) is 12.4 Å². The molecule has 0 amide bonds. The van der Waals surface area contributed by atoms with Gasteiger partial charge in [0.15, 0.2) is 17.5 Å². The molecular formula is C117H75N13. The van der Waals surface area contributed by atoms with Crippen LogP contribution in [-0.4, -0.2) is 62.3 Å². The number of rotatable bonds is 11. The molecule has 10 heterocycles. The van der Waals surface area contributed by atoms with Crippen molar-refractivity contribution in [1.29, 1.82) is 0 Å². The van der Waals surface area contributed by atoms with Crippen molar-refractivity contribution in [1.82, 2.24) is 62.3 Å². The minimum Gasteiger partial charge on any atom is -0.316 e. The van der Waals surface area contributed by atoms with E-state index in [1.807, 2.05) is 36.5 Å². The SMILES string of the molecule is c1ccc(-c2nc(-c3ccc(-n4c5ccccc5c5cc6ccn(-c7ccccc7)c6cc54)cc3)nc3ccccc23)cc1.c1ccc(-n2ccc3cc4c5ccccc5n(-c5ccc(-c6nc(-c7ccc8ccccc8c7)c7ccccc7n6)cc5)c4cc32)cc1.c1ccc(-n2ccc3cc4c5ccccc5n(-c5ccc(-c6ncc7cnccc7n6)cc5)c4cc32)cc1. The van der Waals surface area contributed by atoms with Crippen molar-refractivity contribution in [2.75, 3.05) is 0 Å². The molecular weight excluding hydrogens is 1590 g/mol. The summed E-state index contributed by atoms with van der Waals surface area (Å²) in [5.41, 5.74) is 27.1. The van der Waals surface area contributed by atoms with Gasteiger partial charge in [0, 0.05) is 164 Å². The number of benzene rings is 17. The highest BCUT2D eigenvalue weighted by Gasteiger charge is 2.23. The Morgan fingerprint density at radius 2 is 0.531 bits per heavy atom. The highest BCUT2D eigenvalue weighted by molar-refractivity contribution is 6.17. The van der Waals surface area contributed by atoms with Gasteiger partial charge in [0.1, 0.15) is 0 Å². The number of hydrogen-bond donors (Lipinski definition) is 0. The lowest BCUT2D eigenvalue weighted by molar-refractivity contribution is 1.12. The van der Waals surface area contributed by atoms with Gasteiger partial charge in [-0.05, 0) is 217 Å². The second-order valence-electron chi connectivity index (χ2n) is 32.9. The lowest BCUT2D eigenvalue weighted by Crippen LogP contribution is -1.97. The van der Waals surface area contributed by atoms with E-state index in [2.05, 4.69) is 444 Å². The average Bonchev–Trinajstić information content (AvgIpc) is 1.57. The summed E-state index contributed by atoms with van der Waals surface area (Å²) in [7, 11) is 0. The largest absolute Gasteiger partial charge is 0.316 e. The molecule has 10 aromatic heterocycles. The normalized spacial score (nSPS) is 11.7. The first-order valence-corrected chi connectivity index (χ1v) is 43.7. The smallest absolute Gasteiger partial charge is 0.160 e. The summed E-state index contributed by atoms with van der Waals surface area (Å²) in [5, 5.41) is 16.6. The van der Waals surface area contributed by atoms with Crippen LogP contribution in [0.2, 0.25) is 0 Å². The Kier molecular flexibility index (Phi) is 17.9. The lowest BCUT2D eigenvalue weighted by Gasteiger charge is -2.12. The second-order valence-corrected chi connectivity index (χ2v) is 32.9. The molecule has 13 nitrogen and oxygen atoms in total. The summed E-state index contributed by atoms with van der Waals surface area (Å²) in [6.45, 7) is 0. The Bertz CT molecular complexity index is 9080. The number of hydrogen-bond acceptors (Lipinski definition) is 7. The molecule has 0 bridgehead atoms. The molecule has 0 aliphatic heterocycles. The predicted molar refractivity (Wildman–Crippen MR) is 535 cm³/mol. The summed E-state index contributed by atoms with van der Waals surface area (Å²) >= 11 is 0. The van der Waals surface area contributed by atoms with Crippen LogP contribution in [0.3, 0.4) is 0 Å². The van der Waals surface area contributed by atoms with E-state index >= 15 is 0 Å². The van der Waals surface area contributed by atoms with Gasteiger partial charge >= 0.3 is 0 Å². The van der Waals surface area contributed by atoms with E-state index < -0.39 is 0 Å². The topological polar surface area (TPSA) is 120 Å². The van der Waals surface area contributed by atoms with Crippen LogP contribution in [0.4, 0.5) is 0 Å². The first-order chi connectivity index (χ1) is 64.4. The third-order valence-electron chi connectivity index (χ3n) is 25.4. The maximum absolute atomic E-state index is 5.19. The molecule has 27 rings (SSSR count). The predicted octanol–water partition coefficient (Wildman–Crippen LogP) is 28.9. The lowest BCUT2D eigenvalue weighted by atomic mass is 10.0. The van der Waals surface area contributed by atoms with E-state index in [1.165, 1.54) is 109 Å². The van der Waals surface area contributed by atoms with E-state index in [0.717, 1.165) is 112 Å². The number of fused-ring (bicyclic) bond motifs is 16. The summed E-state index contributed by atoms with van der Waals surface area (Å²) in [6, 6.07) is 148. The van der Waals surface area contributed by atoms with Crippen LogP contribution in [0.25, 0.3) is 232 Å². The Morgan fingerprint density at radius 1 is 0.177 bits per heavy atom. The summed E-state index contributed by atoms with van der Waals surface area (Å²) < 4.78 is 13.9. The molecule has 608 valence electrons. The molecule has 0 saturated heterocycles. The van der Waals surface area contributed by atoms with E-state index in [-0.39, 0.29) is 0 Å². The van der Waals surface area contributed by atoms with E-state index in [0.29, 0.717) is 11.6 Å². The quantitative estimate of drug-likeness (QED) is 0.126. The highest BCUT2D eigenvalue weighted by atomic mass is 15.0. The highest BCUT2D eigenvalue weighted by Crippen LogP contribution is 2.43. The fourth-order valence-electron chi connectivity index (χ4n) is 19.1. The zero-order valence-electron chi connectivity index (χ0n) is 70.1. The van der Waals surface area contributed by atoms with Crippen LogP contribution in [0.1, 0.15) is 0 Å². The van der Waals surface area contributed by atoms with Crippen molar-refractivity contribution < 1.29 is 0 Å². The van der Waals surface area contributed by atoms with Gasteiger partial charge in [-0.25, -0.2) is 29.9 Å². The monoisotopic (exact) mass is 1660 g/mol. The van der Waals surface area contributed by atoms with Crippen LogP contribution < -0.4 is 0 Å². The van der Waals surface area contributed by atoms with Crippen LogP contribution in [-0.2, 0) is 0 Å². The van der Waals surface area contributed by atoms with Crippen molar-refractivity contribution in [3.05, 3.63) is 456 Å². The molecule has 27 aromatic rings. The minimum atomic E-state index is 0.708. The maximum Gasteiger partial charge on any atom is 0.160 e. The average molecular weight is 1660 g/mol. The Balaban J connectivity index is 0.000000106. The van der Waals surface area contributed by atoms with Crippen molar-refractivity contribution in [2.24, 2.45) is 0 Å². The fourth-order valence-corrected chi connectivity index (χ4v) is 19.1.